The standard InChI is InChI=1S/C7H8F2N2O2S/c1-2-14(12,13)11-5-3-4-6(8)10-7(5)9/h3-4,11H,2H2,1H3. The molecular weight excluding hydrogens is 214 g/mol. The SMILES string of the molecule is CCS(=O)(=O)Nc1ccc(F)nc1F. The molecule has 0 saturated heterocycles. The molecule has 0 spiro atoms. The van der Waals surface area contributed by atoms with Gasteiger partial charge in [0.2, 0.25) is 21.9 Å². The van der Waals surface area contributed by atoms with E-state index in [-0.39, 0.29) is 11.4 Å². The van der Waals surface area contributed by atoms with Crippen LogP contribution in [0.5, 0.6) is 0 Å². The van der Waals surface area contributed by atoms with Crippen molar-refractivity contribution in [2.24, 2.45) is 0 Å². The maximum atomic E-state index is 12.8. The fraction of sp³-hybridized carbons (Fsp3) is 0.286. The van der Waals surface area contributed by atoms with Crippen molar-refractivity contribution in [1.29, 1.82) is 0 Å². The molecule has 0 unspecified atom stereocenters. The predicted molar refractivity (Wildman–Crippen MR) is 47.2 cm³/mol. The number of nitrogens with zero attached hydrogens (tertiary/aromatic N) is 1. The monoisotopic (exact) mass is 222 g/mol. The molecular formula is C7H8F2N2O2S. The molecule has 78 valence electrons. The molecule has 0 aliphatic heterocycles. The molecule has 0 amide bonds. The maximum absolute atomic E-state index is 12.8. The smallest absolute Gasteiger partial charge is 0.239 e. The zero-order chi connectivity index (χ0) is 10.8. The van der Waals surface area contributed by atoms with Crippen LogP contribution in [0.25, 0.3) is 0 Å². The number of sulfonamides is 1. The highest BCUT2D eigenvalue weighted by atomic mass is 32.2. The number of nitrogens with one attached hydrogen (secondary N) is 1. The number of anilines is 1. The van der Waals surface area contributed by atoms with Crippen LogP contribution in [0, 0.1) is 11.9 Å². The molecule has 1 heterocycles. The lowest BCUT2D eigenvalue weighted by Gasteiger charge is -2.05. The van der Waals surface area contributed by atoms with Gasteiger partial charge in [0.25, 0.3) is 0 Å². The van der Waals surface area contributed by atoms with Crippen LogP contribution in [0.4, 0.5) is 14.5 Å². The molecule has 1 aromatic heterocycles. The van der Waals surface area contributed by atoms with Gasteiger partial charge in [-0.05, 0) is 19.1 Å². The van der Waals surface area contributed by atoms with Crippen LogP contribution in [0.1, 0.15) is 6.92 Å². The molecule has 4 nitrogen and oxygen atoms in total. The fourth-order valence-corrected chi connectivity index (χ4v) is 1.36. The van der Waals surface area contributed by atoms with Gasteiger partial charge >= 0.3 is 0 Å². The highest BCUT2D eigenvalue weighted by molar-refractivity contribution is 7.92. The zero-order valence-electron chi connectivity index (χ0n) is 7.29. The molecule has 0 bridgehead atoms. The number of aromatic nitrogens is 1. The Bertz CT molecular complexity index is 433. The van der Waals surface area contributed by atoms with E-state index in [4.69, 9.17) is 0 Å². The Morgan fingerprint density at radius 3 is 2.57 bits per heavy atom. The van der Waals surface area contributed by atoms with E-state index in [2.05, 4.69) is 4.98 Å². The zero-order valence-corrected chi connectivity index (χ0v) is 8.11. The fourth-order valence-electron chi connectivity index (χ4n) is 0.728. The van der Waals surface area contributed by atoms with Crippen LogP contribution in [-0.2, 0) is 10.0 Å². The largest absolute Gasteiger partial charge is 0.279 e. The van der Waals surface area contributed by atoms with E-state index < -0.39 is 21.9 Å². The molecule has 7 heteroatoms. The summed E-state index contributed by atoms with van der Waals surface area (Å²) in [6.45, 7) is 1.40. The summed E-state index contributed by atoms with van der Waals surface area (Å²) < 4.78 is 49.1. The lowest BCUT2D eigenvalue weighted by Crippen LogP contribution is -2.16. The maximum Gasteiger partial charge on any atom is 0.239 e. The predicted octanol–water partition coefficient (Wildman–Crippen LogP) is 1.12. The van der Waals surface area contributed by atoms with Crippen molar-refractivity contribution >= 4 is 15.7 Å². The van der Waals surface area contributed by atoms with Gasteiger partial charge in [0.1, 0.15) is 5.69 Å². The Morgan fingerprint density at radius 2 is 2.07 bits per heavy atom. The number of rotatable bonds is 3. The third-order valence-electron chi connectivity index (χ3n) is 1.46. The summed E-state index contributed by atoms with van der Waals surface area (Å²) in [5.74, 6) is -2.37. The molecule has 1 rings (SSSR count). The number of hydrogen-bond acceptors (Lipinski definition) is 3. The first kappa shape index (κ1) is 10.8. The van der Waals surface area contributed by atoms with Gasteiger partial charge < -0.3 is 0 Å². The molecule has 0 aliphatic carbocycles. The first-order chi connectivity index (χ1) is 6.44. The molecule has 0 radical (unpaired) electrons. The Hall–Kier alpha value is -1.24. The van der Waals surface area contributed by atoms with Crippen LogP contribution in [0.2, 0.25) is 0 Å². The quantitative estimate of drug-likeness (QED) is 0.779. The summed E-state index contributed by atoms with van der Waals surface area (Å²) in [4.78, 5) is 2.83. The Labute approximate surface area is 80.0 Å². The third kappa shape index (κ3) is 2.63. The highest BCUT2D eigenvalue weighted by Gasteiger charge is 2.11. The molecule has 14 heavy (non-hydrogen) atoms. The van der Waals surface area contributed by atoms with Crippen molar-refractivity contribution in [2.75, 3.05) is 10.5 Å². The lowest BCUT2D eigenvalue weighted by molar-refractivity contribution is 0.515. The van der Waals surface area contributed by atoms with E-state index in [1.165, 1.54) is 6.92 Å². The topological polar surface area (TPSA) is 59.1 Å². The van der Waals surface area contributed by atoms with Crippen LogP contribution in [0.15, 0.2) is 12.1 Å². The van der Waals surface area contributed by atoms with Gasteiger partial charge in [0, 0.05) is 0 Å². The highest BCUT2D eigenvalue weighted by Crippen LogP contribution is 2.13. The van der Waals surface area contributed by atoms with E-state index in [9.17, 15) is 17.2 Å². The molecule has 1 aromatic rings. The summed E-state index contributed by atoms with van der Waals surface area (Å²) in [6, 6.07) is 1.85. The van der Waals surface area contributed by atoms with Crippen LogP contribution in [-0.4, -0.2) is 19.2 Å². The average Bonchev–Trinajstić information content (AvgIpc) is 2.10. The summed E-state index contributed by atoms with van der Waals surface area (Å²) in [5, 5.41) is 0. The van der Waals surface area contributed by atoms with Gasteiger partial charge in [0.05, 0.1) is 5.75 Å². The summed E-state index contributed by atoms with van der Waals surface area (Å²) in [7, 11) is -3.56. The van der Waals surface area contributed by atoms with Gasteiger partial charge in [-0.1, -0.05) is 0 Å². The van der Waals surface area contributed by atoms with Crippen LogP contribution < -0.4 is 4.72 Å². The van der Waals surface area contributed by atoms with E-state index in [1.807, 2.05) is 4.72 Å². The van der Waals surface area contributed by atoms with Gasteiger partial charge in [-0.2, -0.15) is 13.8 Å². The minimum absolute atomic E-state index is 0.191. The van der Waals surface area contributed by atoms with Gasteiger partial charge in [-0.15, -0.1) is 0 Å². The number of halogens is 2. The molecule has 1 N–H and O–H groups in total. The van der Waals surface area contributed by atoms with Crippen LogP contribution in [0.3, 0.4) is 0 Å². The average molecular weight is 222 g/mol. The van der Waals surface area contributed by atoms with E-state index >= 15 is 0 Å². The number of hydrogen-bond donors (Lipinski definition) is 1. The normalized spacial score (nSPS) is 11.4. The van der Waals surface area contributed by atoms with Crippen LogP contribution >= 0.6 is 0 Å². The number of pyridine rings is 1. The lowest BCUT2D eigenvalue weighted by atomic mass is 10.4. The van der Waals surface area contributed by atoms with Crippen molar-refractivity contribution < 1.29 is 17.2 Å². The van der Waals surface area contributed by atoms with Gasteiger partial charge in [0.15, 0.2) is 0 Å². The Kier molecular flexibility index (Phi) is 3.00. The van der Waals surface area contributed by atoms with Gasteiger partial charge in [-0.3, -0.25) is 4.72 Å². The van der Waals surface area contributed by atoms with Crippen molar-refractivity contribution in [3.63, 3.8) is 0 Å². The van der Waals surface area contributed by atoms with Gasteiger partial charge in [-0.25, -0.2) is 8.42 Å². The molecule has 0 saturated carbocycles. The molecule has 0 aliphatic rings. The van der Waals surface area contributed by atoms with E-state index in [0.717, 1.165) is 12.1 Å². The second-order valence-electron chi connectivity index (χ2n) is 2.48. The first-order valence-electron chi connectivity index (χ1n) is 3.77. The minimum Gasteiger partial charge on any atom is -0.279 e. The minimum atomic E-state index is -3.56. The first-order valence-corrected chi connectivity index (χ1v) is 5.42. The molecule has 0 atom stereocenters. The van der Waals surface area contributed by atoms with E-state index in [0.29, 0.717) is 0 Å². The van der Waals surface area contributed by atoms with Crippen molar-refractivity contribution in [2.45, 2.75) is 6.92 Å². The molecule has 0 aromatic carbocycles. The Balaban J connectivity index is 2.99. The van der Waals surface area contributed by atoms with Crippen molar-refractivity contribution in [3.05, 3.63) is 24.0 Å². The molecule has 0 fully saturated rings. The van der Waals surface area contributed by atoms with Crippen molar-refractivity contribution in [1.82, 2.24) is 4.98 Å². The summed E-state index contributed by atoms with van der Waals surface area (Å²) in [5.41, 5.74) is -0.353. The van der Waals surface area contributed by atoms with Crippen molar-refractivity contribution in [3.8, 4) is 0 Å². The second-order valence-corrected chi connectivity index (χ2v) is 4.49. The Morgan fingerprint density at radius 1 is 1.43 bits per heavy atom. The summed E-state index contributed by atoms with van der Waals surface area (Å²) in [6.07, 6.45) is 0. The van der Waals surface area contributed by atoms with E-state index in [1.54, 1.807) is 0 Å². The third-order valence-corrected chi connectivity index (χ3v) is 2.75. The second kappa shape index (κ2) is 3.87. The summed E-state index contributed by atoms with van der Waals surface area (Å²) >= 11 is 0.